The third-order valence-electron chi connectivity index (χ3n) is 5.39. The number of halogens is 2. The normalized spacial score (nSPS) is 21.1. The summed E-state index contributed by atoms with van der Waals surface area (Å²) in [6.07, 6.45) is 3.14. The molecule has 2 aromatic rings. The molecule has 148 valence electrons. The van der Waals surface area contributed by atoms with E-state index in [2.05, 4.69) is 5.32 Å². The molecular weight excluding hydrogens is 411 g/mol. The Labute approximate surface area is 178 Å². The first-order chi connectivity index (χ1) is 13.9. The van der Waals surface area contributed by atoms with Crippen LogP contribution in [0.15, 0.2) is 54.1 Å². The Morgan fingerprint density at radius 2 is 1.76 bits per heavy atom. The van der Waals surface area contributed by atoms with Crippen molar-refractivity contribution in [1.82, 2.24) is 0 Å². The molecule has 2 aliphatic rings. The summed E-state index contributed by atoms with van der Waals surface area (Å²) in [5.41, 5.74) is 2.11. The molecule has 1 aliphatic heterocycles. The Hall–Kier alpha value is -2.63. The van der Waals surface area contributed by atoms with Crippen molar-refractivity contribution in [3.05, 3.63) is 69.7 Å². The third-order valence-corrected chi connectivity index (χ3v) is 6.13. The van der Waals surface area contributed by atoms with Gasteiger partial charge in [0, 0.05) is 5.69 Å². The SMILES string of the molecule is CC1=CC[C@H]2C(=O)N(c3ccccc3C(=O)Nc3ccc(Cl)c(Cl)c3)C(=O)[C@H]2C1. The van der Waals surface area contributed by atoms with Crippen LogP contribution in [-0.4, -0.2) is 17.7 Å². The zero-order valence-electron chi connectivity index (χ0n) is 15.6. The van der Waals surface area contributed by atoms with Crippen molar-refractivity contribution in [2.45, 2.75) is 19.8 Å². The molecule has 1 N–H and O–H groups in total. The van der Waals surface area contributed by atoms with E-state index in [9.17, 15) is 14.4 Å². The van der Waals surface area contributed by atoms with Crippen LogP contribution in [0.25, 0.3) is 0 Å². The number of rotatable bonds is 3. The van der Waals surface area contributed by atoms with E-state index in [4.69, 9.17) is 23.2 Å². The van der Waals surface area contributed by atoms with Crippen LogP contribution in [0.5, 0.6) is 0 Å². The fourth-order valence-corrected chi connectivity index (χ4v) is 4.21. The number of para-hydroxylation sites is 1. The molecule has 0 spiro atoms. The van der Waals surface area contributed by atoms with Crippen molar-refractivity contribution >= 4 is 52.3 Å². The number of hydrogen-bond donors (Lipinski definition) is 1. The van der Waals surface area contributed by atoms with Crippen LogP contribution in [-0.2, 0) is 9.59 Å². The van der Waals surface area contributed by atoms with Crippen molar-refractivity contribution in [3.63, 3.8) is 0 Å². The van der Waals surface area contributed by atoms with Gasteiger partial charge in [-0.1, -0.05) is 47.0 Å². The fourth-order valence-electron chi connectivity index (χ4n) is 3.91. The van der Waals surface area contributed by atoms with E-state index in [1.165, 1.54) is 4.90 Å². The molecule has 1 heterocycles. The largest absolute Gasteiger partial charge is 0.322 e. The van der Waals surface area contributed by atoms with Crippen LogP contribution in [0.2, 0.25) is 10.0 Å². The molecule has 1 fully saturated rings. The van der Waals surface area contributed by atoms with Crippen LogP contribution >= 0.6 is 23.2 Å². The second-order valence-electron chi connectivity index (χ2n) is 7.32. The maximum Gasteiger partial charge on any atom is 0.257 e. The number of nitrogens with zero attached hydrogens (tertiary/aromatic N) is 1. The van der Waals surface area contributed by atoms with Crippen molar-refractivity contribution in [3.8, 4) is 0 Å². The van der Waals surface area contributed by atoms with Gasteiger partial charge in [0.2, 0.25) is 11.8 Å². The molecule has 2 atom stereocenters. The van der Waals surface area contributed by atoms with Crippen molar-refractivity contribution in [2.24, 2.45) is 11.8 Å². The van der Waals surface area contributed by atoms with Crippen LogP contribution in [0, 0.1) is 11.8 Å². The van der Waals surface area contributed by atoms with E-state index >= 15 is 0 Å². The molecule has 3 amide bonds. The number of carbonyl (C=O) groups excluding carboxylic acids is 3. The van der Waals surface area contributed by atoms with E-state index in [-0.39, 0.29) is 29.2 Å². The highest BCUT2D eigenvalue weighted by molar-refractivity contribution is 6.42. The summed E-state index contributed by atoms with van der Waals surface area (Å²) >= 11 is 11.9. The van der Waals surface area contributed by atoms with Gasteiger partial charge in [0.1, 0.15) is 0 Å². The summed E-state index contributed by atoms with van der Waals surface area (Å²) in [6, 6.07) is 11.4. The Morgan fingerprint density at radius 1 is 1.03 bits per heavy atom. The minimum atomic E-state index is -0.441. The Balaban J connectivity index is 1.65. The first-order valence-electron chi connectivity index (χ1n) is 9.25. The molecule has 4 rings (SSSR count). The Kier molecular flexibility index (Phi) is 5.19. The predicted molar refractivity (Wildman–Crippen MR) is 113 cm³/mol. The number of benzene rings is 2. The molecule has 0 bridgehead atoms. The second-order valence-corrected chi connectivity index (χ2v) is 8.13. The number of hydrogen-bond acceptors (Lipinski definition) is 3. The second kappa shape index (κ2) is 7.65. The number of nitrogens with one attached hydrogen (secondary N) is 1. The predicted octanol–water partition coefficient (Wildman–Crippen LogP) is 5.09. The summed E-state index contributed by atoms with van der Waals surface area (Å²) in [4.78, 5) is 40.1. The number of amides is 3. The summed E-state index contributed by atoms with van der Waals surface area (Å²) in [5, 5.41) is 3.44. The maximum absolute atomic E-state index is 13.0. The van der Waals surface area contributed by atoms with Crippen LogP contribution < -0.4 is 10.2 Å². The van der Waals surface area contributed by atoms with Gasteiger partial charge in [-0.2, -0.15) is 0 Å². The zero-order valence-corrected chi connectivity index (χ0v) is 17.1. The van der Waals surface area contributed by atoms with Gasteiger partial charge in [0.25, 0.3) is 5.91 Å². The van der Waals surface area contributed by atoms with Crippen LogP contribution in [0.1, 0.15) is 30.1 Å². The smallest absolute Gasteiger partial charge is 0.257 e. The van der Waals surface area contributed by atoms with Gasteiger partial charge in [-0.25, -0.2) is 4.90 Å². The topological polar surface area (TPSA) is 66.5 Å². The molecule has 5 nitrogen and oxygen atoms in total. The number of anilines is 2. The summed E-state index contributed by atoms with van der Waals surface area (Å²) in [7, 11) is 0. The van der Waals surface area contributed by atoms with Gasteiger partial charge < -0.3 is 5.32 Å². The number of allylic oxidation sites excluding steroid dienone is 2. The minimum absolute atomic E-state index is 0.239. The lowest BCUT2D eigenvalue weighted by molar-refractivity contribution is -0.122. The molecule has 0 unspecified atom stereocenters. The van der Waals surface area contributed by atoms with Crippen molar-refractivity contribution in [1.29, 1.82) is 0 Å². The van der Waals surface area contributed by atoms with Crippen LogP contribution in [0.3, 0.4) is 0 Å². The van der Waals surface area contributed by atoms with Gasteiger partial charge in [0.05, 0.1) is 33.1 Å². The van der Waals surface area contributed by atoms with Gasteiger partial charge in [-0.15, -0.1) is 0 Å². The molecule has 0 saturated carbocycles. The van der Waals surface area contributed by atoms with Crippen LogP contribution in [0.4, 0.5) is 11.4 Å². The lowest BCUT2D eigenvalue weighted by Crippen LogP contribution is -2.33. The lowest BCUT2D eigenvalue weighted by atomic mass is 9.82. The van der Waals surface area contributed by atoms with Crippen molar-refractivity contribution in [2.75, 3.05) is 10.2 Å². The first-order valence-corrected chi connectivity index (χ1v) is 10.0. The third kappa shape index (κ3) is 3.56. The van der Waals surface area contributed by atoms with Crippen molar-refractivity contribution < 1.29 is 14.4 Å². The number of imide groups is 1. The molecule has 7 heteroatoms. The molecule has 29 heavy (non-hydrogen) atoms. The summed E-state index contributed by atoms with van der Waals surface area (Å²) in [5.74, 6) is -1.67. The van der Waals surface area contributed by atoms with Gasteiger partial charge >= 0.3 is 0 Å². The van der Waals surface area contributed by atoms with E-state index in [0.717, 1.165) is 5.57 Å². The fraction of sp³-hybridized carbons (Fsp3) is 0.227. The standard InChI is InChI=1S/C22H18Cl2N2O3/c1-12-6-8-14-16(10-12)22(29)26(21(14)28)19-5-3-2-4-15(19)20(27)25-13-7-9-17(23)18(24)11-13/h2-7,9,11,14,16H,8,10H2,1H3,(H,25,27)/t14-,16+/m1/s1. The van der Waals surface area contributed by atoms with Gasteiger partial charge in [0.15, 0.2) is 0 Å². The molecular formula is C22H18Cl2N2O3. The molecule has 0 aromatic heterocycles. The zero-order chi connectivity index (χ0) is 20.7. The number of carbonyl (C=O) groups is 3. The highest BCUT2D eigenvalue weighted by Crippen LogP contribution is 2.40. The van der Waals surface area contributed by atoms with Gasteiger partial charge in [-0.3, -0.25) is 14.4 Å². The van der Waals surface area contributed by atoms with E-state index in [1.807, 2.05) is 13.0 Å². The Bertz CT molecular complexity index is 1060. The van der Waals surface area contributed by atoms with Gasteiger partial charge in [-0.05, 0) is 50.1 Å². The average molecular weight is 429 g/mol. The summed E-state index contributed by atoms with van der Waals surface area (Å²) in [6.45, 7) is 1.97. The molecule has 0 radical (unpaired) electrons. The highest BCUT2D eigenvalue weighted by atomic mass is 35.5. The quantitative estimate of drug-likeness (QED) is 0.546. The average Bonchev–Trinajstić information content (AvgIpc) is 2.94. The first kappa shape index (κ1) is 19.7. The van der Waals surface area contributed by atoms with E-state index < -0.39 is 5.91 Å². The Morgan fingerprint density at radius 3 is 2.52 bits per heavy atom. The lowest BCUT2D eigenvalue weighted by Gasteiger charge is -2.19. The highest BCUT2D eigenvalue weighted by Gasteiger charge is 2.49. The minimum Gasteiger partial charge on any atom is -0.322 e. The summed E-state index contributed by atoms with van der Waals surface area (Å²) < 4.78 is 0. The van der Waals surface area contributed by atoms with E-state index in [0.29, 0.717) is 34.3 Å². The van der Waals surface area contributed by atoms with E-state index in [1.54, 1.807) is 42.5 Å². The molecule has 1 saturated heterocycles. The monoisotopic (exact) mass is 428 g/mol. The number of fused-ring (bicyclic) bond motifs is 1. The molecule has 1 aliphatic carbocycles. The molecule has 2 aromatic carbocycles. The maximum atomic E-state index is 13.0.